The van der Waals surface area contributed by atoms with Crippen molar-refractivity contribution < 1.29 is 8.78 Å². The maximum atomic E-state index is 13.3. The van der Waals surface area contributed by atoms with Crippen LogP contribution in [-0.2, 0) is 0 Å². The topological polar surface area (TPSA) is 3.24 Å². The summed E-state index contributed by atoms with van der Waals surface area (Å²) in [6.45, 7) is 6.39. The van der Waals surface area contributed by atoms with Gasteiger partial charge in [-0.15, -0.1) is 0 Å². The fourth-order valence-corrected chi connectivity index (χ4v) is 0.955. The predicted octanol–water partition coefficient (Wildman–Crippen LogP) is 2.48. The first-order valence-corrected chi connectivity index (χ1v) is 3.92. The van der Waals surface area contributed by atoms with E-state index in [2.05, 4.69) is 13.2 Å². The van der Waals surface area contributed by atoms with Gasteiger partial charge in [0.1, 0.15) is 0 Å². The summed E-state index contributed by atoms with van der Waals surface area (Å²) >= 11 is 0. The van der Waals surface area contributed by atoms with Crippen LogP contribution < -0.4 is 0 Å². The normalized spacial score (nSPS) is 13.2. The molecule has 74 valence electrons. The molecule has 0 N–H and O–H groups in total. The van der Waals surface area contributed by atoms with Crippen LogP contribution in [0.25, 0.3) is 0 Å². The highest BCUT2D eigenvalue weighted by atomic mass is 19.3. The molecule has 13 heavy (non-hydrogen) atoms. The van der Waals surface area contributed by atoms with Crippen molar-refractivity contribution in [3.05, 3.63) is 37.0 Å². The average molecular weight is 187 g/mol. The molecule has 0 saturated heterocycles. The summed E-state index contributed by atoms with van der Waals surface area (Å²) in [6.07, 6.45) is 3.77. The molecule has 1 nitrogen and oxygen atoms in total. The van der Waals surface area contributed by atoms with Gasteiger partial charge in [-0.2, -0.15) is 8.78 Å². The average Bonchev–Trinajstić information content (AvgIpc) is 1.97. The van der Waals surface area contributed by atoms with Crippen LogP contribution in [0.15, 0.2) is 37.0 Å². The summed E-state index contributed by atoms with van der Waals surface area (Å²) < 4.78 is 26.6. The van der Waals surface area contributed by atoms with Crippen LogP contribution in [0.5, 0.6) is 0 Å². The summed E-state index contributed by atoms with van der Waals surface area (Å²) in [5, 5.41) is 0. The van der Waals surface area contributed by atoms with Gasteiger partial charge in [0.2, 0.25) is 0 Å². The first kappa shape index (κ1) is 12.0. The lowest BCUT2D eigenvalue weighted by Gasteiger charge is -2.21. The van der Waals surface area contributed by atoms with Crippen molar-refractivity contribution in [1.29, 1.82) is 0 Å². The van der Waals surface area contributed by atoms with Crippen LogP contribution in [0.1, 0.15) is 0 Å². The Bertz CT molecular complexity index is 217. The highest BCUT2D eigenvalue weighted by Gasteiger charge is 2.32. The minimum atomic E-state index is -2.86. The minimum absolute atomic E-state index is 0.101. The van der Waals surface area contributed by atoms with Gasteiger partial charge in [0.05, 0.1) is 6.54 Å². The second kappa shape index (κ2) is 4.92. The van der Waals surface area contributed by atoms with E-state index in [0.29, 0.717) is 0 Å². The van der Waals surface area contributed by atoms with Crippen LogP contribution >= 0.6 is 0 Å². The maximum absolute atomic E-state index is 13.3. The van der Waals surface area contributed by atoms with E-state index < -0.39 is 5.92 Å². The largest absolute Gasteiger partial charge is 0.303 e. The Hall–Kier alpha value is -0.960. The highest BCUT2D eigenvalue weighted by Crippen LogP contribution is 2.25. The summed E-state index contributed by atoms with van der Waals surface area (Å²) in [4.78, 5) is 1.43. The Morgan fingerprint density at radius 2 is 1.92 bits per heavy atom. The molecular weight excluding hydrogens is 172 g/mol. The molecule has 0 radical (unpaired) electrons. The van der Waals surface area contributed by atoms with Crippen molar-refractivity contribution in [3.63, 3.8) is 0 Å². The molecular formula is C10H15F2N. The molecule has 0 spiro atoms. The fraction of sp³-hybridized carbons (Fsp3) is 0.400. The van der Waals surface area contributed by atoms with Crippen LogP contribution in [0, 0.1) is 0 Å². The Labute approximate surface area is 78.0 Å². The molecule has 0 saturated carbocycles. The Kier molecular flexibility index (Phi) is 4.56. The van der Waals surface area contributed by atoms with E-state index in [0.717, 1.165) is 6.08 Å². The van der Waals surface area contributed by atoms with E-state index in [4.69, 9.17) is 0 Å². The van der Waals surface area contributed by atoms with E-state index in [9.17, 15) is 8.78 Å². The number of alkyl halides is 2. The molecule has 0 aromatic carbocycles. The van der Waals surface area contributed by atoms with Gasteiger partial charge in [0.25, 0.3) is 5.92 Å². The van der Waals surface area contributed by atoms with Crippen molar-refractivity contribution in [2.45, 2.75) is 5.92 Å². The third-order valence-electron chi connectivity index (χ3n) is 1.45. The quantitative estimate of drug-likeness (QED) is 0.598. The number of allylic oxidation sites excluding steroid dienone is 3. The highest BCUT2D eigenvalue weighted by molar-refractivity contribution is 5.28. The van der Waals surface area contributed by atoms with E-state index in [1.165, 1.54) is 17.1 Å². The molecule has 0 amide bonds. The second-order valence-corrected chi connectivity index (χ2v) is 3.00. The van der Waals surface area contributed by atoms with Gasteiger partial charge in [-0.3, -0.25) is 0 Å². The van der Waals surface area contributed by atoms with Crippen LogP contribution in [-0.4, -0.2) is 31.5 Å². The summed E-state index contributed by atoms with van der Waals surface area (Å²) in [5.41, 5.74) is -0.101. The van der Waals surface area contributed by atoms with Crippen LogP contribution in [0.2, 0.25) is 0 Å². The van der Waals surface area contributed by atoms with Crippen molar-refractivity contribution in [2.24, 2.45) is 0 Å². The van der Waals surface area contributed by atoms with E-state index >= 15 is 0 Å². The molecule has 0 fully saturated rings. The molecule has 0 rings (SSSR count). The zero-order valence-corrected chi connectivity index (χ0v) is 8.06. The smallest absolute Gasteiger partial charge is 0.285 e. The number of halogens is 2. The van der Waals surface area contributed by atoms with Gasteiger partial charge in [0.15, 0.2) is 0 Å². The van der Waals surface area contributed by atoms with Crippen LogP contribution in [0.3, 0.4) is 0 Å². The van der Waals surface area contributed by atoms with Crippen molar-refractivity contribution in [3.8, 4) is 0 Å². The molecule has 0 unspecified atom stereocenters. The van der Waals surface area contributed by atoms with Gasteiger partial charge in [-0.1, -0.05) is 31.4 Å². The number of hydrogen-bond donors (Lipinski definition) is 0. The number of rotatable bonds is 5. The molecule has 0 atom stereocenters. The Balaban J connectivity index is 4.66. The zero-order chi connectivity index (χ0) is 10.5. The third-order valence-corrected chi connectivity index (χ3v) is 1.45. The lowest BCUT2D eigenvalue weighted by molar-refractivity contribution is 0.0192. The molecule has 0 bridgehead atoms. The van der Waals surface area contributed by atoms with Gasteiger partial charge in [-0.05, 0) is 14.1 Å². The van der Waals surface area contributed by atoms with Crippen molar-refractivity contribution >= 4 is 0 Å². The van der Waals surface area contributed by atoms with Gasteiger partial charge < -0.3 is 4.90 Å². The Morgan fingerprint density at radius 3 is 2.23 bits per heavy atom. The molecule has 3 heteroatoms. The second-order valence-electron chi connectivity index (χ2n) is 3.00. The summed E-state index contributed by atoms with van der Waals surface area (Å²) in [6, 6.07) is 0. The first-order valence-electron chi connectivity index (χ1n) is 3.92. The molecule has 0 heterocycles. The summed E-state index contributed by atoms with van der Waals surface area (Å²) in [5.74, 6) is -2.86. The zero-order valence-electron chi connectivity index (χ0n) is 8.06. The molecule has 0 aromatic rings. The van der Waals surface area contributed by atoms with E-state index in [1.807, 2.05) is 0 Å². The predicted molar refractivity (Wildman–Crippen MR) is 52.0 cm³/mol. The van der Waals surface area contributed by atoms with E-state index in [1.54, 1.807) is 14.1 Å². The number of nitrogens with zero attached hydrogens (tertiary/aromatic N) is 1. The number of hydrogen-bond acceptors (Lipinski definition) is 1. The SMILES string of the molecule is C=C/C=C(\C=C)C(F)(F)CN(C)C. The lowest BCUT2D eigenvalue weighted by atomic mass is 10.1. The van der Waals surface area contributed by atoms with Crippen molar-refractivity contribution in [2.75, 3.05) is 20.6 Å². The standard InChI is InChI=1S/C10H15F2N/c1-5-7-9(6-2)10(11,12)8-13(3)4/h5-7H,1-2,8H2,3-4H3/b9-7+. The molecule has 0 aliphatic heterocycles. The maximum Gasteiger partial charge on any atom is 0.285 e. The van der Waals surface area contributed by atoms with E-state index in [-0.39, 0.29) is 12.1 Å². The lowest BCUT2D eigenvalue weighted by Crippen LogP contribution is -2.33. The minimum Gasteiger partial charge on any atom is -0.303 e. The Morgan fingerprint density at radius 1 is 1.38 bits per heavy atom. The fourth-order valence-electron chi connectivity index (χ4n) is 0.955. The summed E-state index contributed by atoms with van der Waals surface area (Å²) in [7, 11) is 3.20. The molecule has 0 aliphatic carbocycles. The van der Waals surface area contributed by atoms with Crippen molar-refractivity contribution in [1.82, 2.24) is 4.90 Å². The first-order chi connectivity index (χ1) is 5.94. The molecule has 0 aromatic heterocycles. The third kappa shape index (κ3) is 3.99. The monoisotopic (exact) mass is 187 g/mol. The van der Waals surface area contributed by atoms with Gasteiger partial charge >= 0.3 is 0 Å². The van der Waals surface area contributed by atoms with Gasteiger partial charge in [0, 0.05) is 5.57 Å². The van der Waals surface area contributed by atoms with Crippen LogP contribution in [0.4, 0.5) is 8.78 Å². The molecule has 0 aliphatic rings. The van der Waals surface area contributed by atoms with Gasteiger partial charge in [-0.25, -0.2) is 0 Å².